The van der Waals surface area contributed by atoms with Crippen LogP contribution in [0, 0.1) is 0 Å². The Labute approximate surface area is 122 Å². The van der Waals surface area contributed by atoms with Gasteiger partial charge in [0.2, 0.25) is 0 Å². The molecule has 19 heavy (non-hydrogen) atoms. The minimum atomic E-state index is -0.0398. The van der Waals surface area contributed by atoms with Crippen molar-refractivity contribution in [2.45, 2.75) is 6.54 Å². The second-order valence-electron chi connectivity index (χ2n) is 4.42. The van der Waals surface area contributed by atoms with E-state index < -0.39 is 0 Å². The van der Waals surface area contributed by atoms with Crippen LogP contribution < -0.4 is 5.56 Å². The molecule has 1 N–H and O–H groups in total. The fourth-order valence-corrected chi connectivity index (χ4v) is 3.16. The molecule has 0 radical (unpaired) electrons. The maximum absolute atomic E-state index is 11.9. The monoisotopic (exact) mass is 297 g/mol. The van der Waals surface area contributed by atoms with Crippen LogP contribution in [0.1, 0.15) is 5.82 Å². The van der Waals surface area contributed by atoms with Crippen molar-refractivity contribution in [3.05, 3.63) is 40.4 Å². The van der Waals surface area contributed by atoms with Gasteiger partial charge in [0, 0.05) is 24.6 Å². The summed E-state index contributed by atoms with van der Waals surface area (Å²) in [5.74, 6) is 3.10. The van der Waals surface area contributed by atoms with E-state index in [1.54, 1.807) is 0 Å². The molecule has 102 valence electrons. The molecule has 1 fully saturated rings. The Kier molecular flexibility index (Phi) is 4.85. The van der Waals surface area contributed by atoms with Gasteiger partial charge in [-0.15, -0.1) is 12.4 Å². The third-order valence-electron chi connectivity index (χ3n) is 3.14. The molecule has 0 bridgehead atoms. The van der Waals surface area contributed by atoms with Crippen LogP contribution in [-0.2, 0) is 6.54 Å². The number of para-hydroxylation sites is 1. The molecule has 2 heterocycles. The van der Waals surface area contributed by atoms with Gasteiger partial charge in [0.1, 0.15) is 5.82 Å². The Morgan fingerprint density at radius 3 is 2.79 bits per heavy atom. The van der Waals surface area contributed by atoms with E-state index in [2.05, 4.69) is 14.9 Å². The summed E-state index contributed by atoms with van der Waals surface area (Å²) < 4.78 is 0. The van der Waals surface area contributed by atoms with Crippen LogP contribution >= 0.6 is 24.2 Å². The molecule has 3 rings (SSSR count). The molecule has 2 aromatic rings. The first kappa shape index (κ1) is 14.4. The zero-order chi connectivity index (χ0) is 12.4. The zero-order valence-corrected chi connectivity index (χ0v) is 12.1. The largest absolute Gasteiger partial charge is 0.309 e. The first-order valence-corrected chi connectivity index (χ1v) is 7.26. The van der Waals surface area contributed by atoms with Crippen molar-refractivity contribution in [3.8, 4) is 0 Å². The normalized spacial score (nSPS) is 16.2. The van der Waals surface area contributed by atoms with Crippen molar-refractivity contribution in [2.75, 3.05) is 24.6 Å². The van der Waals surface area contributed by atoms with Crippen LogP contribution in [0.3, 0.4) is 0 Å². The summed E-state index contributed by atoms with van der Waals surface area (Å²) in [6.07, 6.45) is 0. The predicted molar refractivity (Wildman–Crippen MR) is 82.2 cm³/mol. The van der Waals surface area contributed by atoms with Crippen molar-refractivity contribution < 1.29 is 0 Å². The molecule has 1 aliphatic rings. The molecule has 0 amide bonds. The van der Waals surface area contributed by atoms with E-state index in [9.17, 15) is 4.79 Å². The number of hydrogen-bond donors (Lipinski definition) is 1. The van der Waals surface area contributed by atoms with Crippen molar-refractivity contribution in [1.82, 2.24) is 14.9 Å². The molecule has 1 saturated heterocycles. The molecular formula is C13H16ClN3OS. The van der Waals surface area contributed by atoms with Gasteiger partial charge >= 0.3 is 0 Å². The van der Waals surface area contributed by atoms with Gasteiger partial charge in [-0.1, -0.05) is 12.1 Å². The number of nitrogens with one attached hydrogen (secondary N) is 1. The highest BCUT2D eigenvalue weighted by atomic mass is 35.5. The standard InChI is InChI=1S/C13H15N3OS.ClH/c17-13-10-3-1-2-4-11(10)14-12(15-13)9-16-5-7-18-8-6-16;/h1-4H,5-9H2,(H,14,15,17);1H. The number of nitrogens with zero attached hydrogens (tertiary/aromatic N) is 2. The van der Waals surface area contributed by atoms with Crippen molar-refractivity contribution >= 4 is 35.1 Å². The third-order valence-corrected chi connectivity index (χ3v) is 4.08. The number of H-pyrrole nitrogens is 1. The Bertz CT molecular complexity index is 610. The zero-order valence-electron chi connectivity index (χ0n) is 10.5. The number of aromatic amines is 1. The fraction of sp³-hybridized carbons (Fsp3) is 0.385. The lowest BCUT2D eigenvalue weighted by Gasteiger charge is -2.25. The average molecular weight is 298 g/mol. The van der Waals surface area contributed by atoms with Crippen molar-refractivity contribution in [3.63, 3.8) is 0 Å². The summed E-state index contributed by atoms with van der Waals surface area (Å²) >= 11 is 1.98. The van der Waals surface area contributed by atoms with Crippen LogP contribution in [-0.4, -0.2) is 39.5 Å². The summed E-state index contributed by atoms with van der Waals surface area (Å²) in [7, 11) is 0. The SMILES string of the molecule is Cl.O=c1[nH]c(CN2CCSCC2)nc2ccccc12. The highest BCUT2D eigenvalue weighted by Crippen LogP contribution is 2.12. The lowest BCUT2D eigenvalue weighted by atomic mass is 10.2. The lowest BCUT2D eigenvalue weighted by Crippen LogP contribution is -2.33. The van der Waals surface area contributed by atoms with E-state index in [-0.39, 0.29) is 18.0 Å². The van der Waals surface area contributed by atoms with E-state index in [4.69, 9.17) is 0 Å². The van der Waals surface area contributed by atoms with Crippen LogP contribution in [0.4, 0.5) is 0 Å². The van der Waals surface area contributed by atoms with E-state index >= 15 is 0 Å². The second-order valence-corrected chi connectivity index (χ2v) is 5.64. The Morgan fingerprint density at radius 2 is 2.00 bits per heavy atom. The summed E-state index contributed by atoms with van der Waals surface area (Å²) in [5, 5.41) is 0.662. The topological polar surface area (TPSA) is 49.0 Å². The maximum Gasteiger partial charge on any atom is 0.258 e. The molecule has 1 aromatic heterocycles. The molecule has 0 atom stereocenters. The van der Waals surface area contributed by atoms with Crippen LogP contribution in [0.5, 0.6) is 0 Å². The lowest BCUT2D eigenvalue weighted by molar-refractivity contribution is 0.287. The van der Waals surface area contributed by atoms with Gasteiger partial charge in [0.15, 0.2) is 0 Å². The van der Waals surface area contributed by atoms with Gasteiger partial charge in [-0.2, -0.15) is 11.8 Å². The number of fused-ring (bicyclic) bond motifs is 1. The molecule has 0 unspecified atom stereocenters. The number of benzene rings is 1. The number of halogens is 1. The molecule has 0 saturated carbocycles. The fourth-order valence-electron chi connectivity index (χ4n) is 2.18. The number of hydrogen-bond acceptors (Lipinski definition) is 4. The second kappa shape index (κ2) is 6.41. The van der Waals surface area contributed by atoms with Crippen molar-refractivity contribution in [1.29, 1.82) is 0 Å². The van der Waals surface area contributed by atoms with E-state index in [1.807, 2.05) is 36.0 Å². The minimum absolute atomic E-state index is 0. The molecule has 0 spiro atoms. The van der Waals surface area contributed by atoms with Crippen molar-refractivity contribution in [2.24, 2.45) is 0 Å². The smallest absolute Gasteiger partial charge is 0.258 e. The molecule has 6 heteroatoms. The molecule has 1 aliphatic heterocycles. The Hall–Kier alpha value is -1.04. The van der Waals surface area contributed by atoms with Gasteiger partial charge in [0.25, 0.3) is 5.56 Å². The van der Waals surface area contributed by atoms with Gasteiger partial charge < -0.3 is 4.98 Å². The summed E-state index contributed by atoms with van der Waals surface area (Å²) in [6, 6.07) is 7.47. The molecular weight excluding hydrogens is 282 g/mol. The van der Waals surface area contributed by atoms with E-state index in [0.717, 1.165) is 42.5 Å². The van der Waals surface area contributed by atoms with Gasteiger partial charge in [0.05, 0.1) is 17.4 Å². The number of thioether (sulfide) groups is 1. The quantitative estimate of drug-likeness (QED) is 0.920. The predicted octanol–water partition coefficient (Wildman–Crippen LogP) is 1.89. The first-order chi connectivity index (χ1) is 8.83. The minimum Gasteiger partial charge on any atom is -0.309 e. The third kappa shape index (κ3) is 3.29. The highest BCUT2D eigenvalue weighted by Gasteiger charge is 2.12. The maximum atomic E-state index is 11.9. The average Bonchev–Trinajstić information content (AvgIpc) is 2.40. The summed E-state index contributed by atoms with van der Waals surface area (Å²) in [6.45, 7) is 2.88. The van der Waals surface area contributed by atoms with E-state index in [0.29, 0.717) is 5.39 Å². The molecule has 0 aliphatic carbocycles. The summed E-state index contributed by atoms with van der Waals surface area (Å²) in [5.41, 5.74) is 0.740. The number of rotatable bonds is 2. The highest BCUT2D eigenvalue weighted by molar-refractivity contribution is 7.99. The van der Waals surface area contributed by atoms with Crippen LogP contribution in [0.2, 0.25) is 0 Å². The first-order valence-electron chi connectivity index (χ1n) is 6.11. The number of aromatic nitrogens is 2. The Morgan fingerprint density at radius 1 is 1.26 bits per heavy atom. The van der Waals surface area contributed by atoms with Crippen LogP contribution in [0.25, 0.3) is 10.9 Å². The summed E-state index contributed by atoms with van der Waals surface area (Å²) in [4.78, 5) is 21.7. The molecule has 1 aromatic carbocycles. The molecule has 4 nitrogen and oxygen atoms in total. The van der Waals surface area contributed by atoms with E-state index in [1.165, 1.54) is 0 Å². The van der Waals surface area contributed by atoms with Gasteiger partial charge in [-0.05, 0) is 12.1 Å². The van der Waals surface area contributed by atoms with Crippen LogP contribution in [0.15, 0.2) is 29.1 Å². The van der Waals surface area contributed by atoms with Gasteiger partial charge in [-0.25, -0.2) is 4.98 Å². The Balaban J connectivity index is 0.00000133. The van der Waals surface area contributed by atoms with Gasteiger partial charge in [-0.3, -0.25) is 9.69 Å².